The number of rotatable bonds is 11. The maximum atomic E-state index is 12.9. The number of sulfonamides is 1. The lowest BCUT2D eigenvalue weighted by molar-refractivity contribution is -0.138. The van der Waals surface area contributed by atoms with Crippen molar-refractivity contribution < 1.29 is 27.9 Å². The van der Waals surface area contributed by atoms with Gasteiger partial charge in [0.1, 0.15) is 11.9 Å². The Balaban J connectivity index is 1.54. The van der Waals surface area contributed by atoms with Crippen LogP contribution in [0.3, 0.4) is 0 Å². The smallest absolute Gasteiger partial charge is 0.323 e. The average molecular weight is 512 g/mol. The van der Waals surface area contributed by atoms with Gasteiger partial charge in [-0.05, 0) is 23.6 Å². The lowest BCUT2D eigenvalue weighted by Gasteiger charge is -2.16. The highest BCUT2D eigenvalue weighted by molar-refractivity contribution is 7.89. The summed E-state index contributed by atoms with van der Waals surface area (Å²) < 4.78 is 27.9. The molecule has 11 nitrogen and oxygen atoms in total. The summed E-state index contributed by atoms with van der Waals surface area (Å²) in [6, 6.07) is 15.9. The van der Waals surface area contributed by atoms with Crippen molar-refractivity contribution in [2.24, 2.45) is 5.73 Å². The molecule has 12 heteroatoms. The standard InChI is InChI=1S/C24H25N5O6S/c25-22(26)16-8-10-17(11-9-16)23(31)27-13-12-21(30)28-14-19(24(32)33)29-36(34,35)20-7-3-5-15-4-1-2-6-18(15)20/h1-11,19,29H,12-14H2,(H3,25,26)(H,27,31)(H,28,30)(H,32,33). The molecule has 2 amide bonds. The van der Waals surface area contributed by atoms with Gasteiger partial charge in [-0.25, -0.2) is 8.42 Å². The van der Waals surface area contributed by atoms with E-state index in [4.69, 9.17) is 11.1 Å². The Kier molecular flexibility index (Phi) is 8.35. The highest BCUT2D eigenvalue weighted by Gasteiger charge is 2.27. The van der Waals surface area contributed by atoms with Crippen LogP contribution >= 0.6 is 0 Å². The number of nitrogens with one attached hydrogen (secondary N) is 4. The number of aliphatic carboxylic acids is 1. The fourth-order valence-corrected chi connectivity index (χ4v) is 4.78. The highest BCUT2D eigenvalue weighted by atomic mass is 32.2. The molecule has 1 unspecified atom stereocenters. The number of carboxylic acid groups (broad SMARTS) is 1. The zero-order chi connectivity index (χ0) is 26.3. The molecule has 3 aromatic carbocycles. The molecule has 3 rings (SSSR count). The Morgan fingerprint density at radius 3 is 2.22 bits per heavy atom. The van der Waals surface area contributed by atoms with Crippen LogP contribution in [0.15, 0.2) is 71.6 Å². The van der Waals surface area contributed by atoms with Gasteiger partial charge in [0, 0.05) is 36.0 Å². The van der Waals surface area contributed by atoms with E-state index in [2.05, 4.69) is 15.4 Å². The predicted octanol–water partition coefficient (Wildman–Crippen LogP) is 0.792. The van der Waals surface area contributed by atoms with Crippen LogP contribution < -0.4 is 21.1 Å². The predicted molar refractivity (Wildman–Crippen MR) is 133 cm³/mol. The van der Waals surface area contributed by atoms with Gasteiger partial charge in [0.15, 0.2) is 0 Å². The van der Waals surface area contributed by atoms with E-state index in [1.165, 1.54) is 30.3 Å². The minimum Gasteiger partial charge on any atom is -0.480 e. The molecule has 0 radical (unpaired) electrons. The second-order valence-electron chi connectivity index (χ2n) is 7.79. The van der Waals surface area contributed by atoms with E-state index < -0.39 is 40.4 Å². The zero-order valence-electron chi connectivity index (χ0n) is 19.0. The summed E-state index contributed by atoms with van der Waals surface area (Å²) >= 11 is 0. The highest BCUT2D eigenvalue weighted by Crippen LogP contribution is 2.22. The molecule has 3 aromatic rings. The van der Waals surface area contributed by atoms with Crippen LogP contribution in [0.5, 0.6) is 0 Å². The molecule has 188 valence electrons. The maximum Gasteiger partial charge on any atom is 0.323 e. The third-order valence-corrected chi connectivity index (χ3v) is 6.76. The number of hydrogen-bond acceptors (Lipinski definition) is 6. The maximum absolute atomic E-state index is 12.9. The molecule has 0 aliphatic carbocycles. The molecule has 0 saturated heterocycles. The van der Waals surface area contributed by atoms with Crippen molar-refractivity contribution in [1.82, 2.24) is 15.4 Å². The van der Waals surface area contributed by atoms with Gasteiger partial charge in [0.05, 0.1) is 4.90 Å². The second kappa shape index (κ2) is 11.4. The molecule has 7 N–H and O–H groups in total. The molecule has 1 atom stereocenters. The van der Waals surface area contributed by atoms with Crippen LogP contribution in [0.1, 0.15) is 22.3 Å². The van der Waals surface area contributed by atoms with E-state index in [9.17, 15) is 27.9 Å². The first-order valence-corrected chi connectivity index (χ1v) is 12.3. The van der Waals surface area contributed by atoms with E-state index in [0.717, 1.165) is 0 Å². The zero-order valence-corrected chi connectivity index (χ0v) is 19.8. The van der Waals surface area contributed by atoms with Crippen LogP contribution in [0.4, 0.5) is 0 Å². The van der Waals surface area contributed by atoms with Crippen LogP contribution in [-0.2, 0) is 19.6 Å². The van der Waals surface area contributed by atoms with Crippen molar-refractivity contribution in [3.63, 3.8) is 0 Å². The van der Waals surface area contributed by atoms with Gasteiger partial charge in [-0.15, -0.1) is 0 Å². The molecule has 0 saturated carbocycles. The third-order valence-electron chi connectivity index (χ3n) is 5.23. The second-order valence-corrected chi connectivity index (χ2v) is 9.47. The van der Waals surface area contributed by atoms with Crippen molar-refractivity contribution in [3.05, 3.63) is 77.9 Å². The van der Waals surface area contributed by atoms with Crippen molar-refractivity contribution in [3.8, 4) is 0 Å². The number of carboxylic acids is 1. The molecule has 0 aromatic heterocycles. The summed E-state index contributed by atoms with van der Waals surface area (Å²) in [4.78, 5) is 35.9. The first-order chi connectivity index (χ1) is 17.1. The third kappa shape index (κ3) is 6.64. The summed E-state index contributed by atoms with van der Waals surface area (Å²) in [5.41, 5.74) is 6.15. The molecule has 0 heterocycles. The number of carbonyl (C=O) groups excluding carboxylic acids is 2. The van der Waals surface area contributed by atoms with Crippen molar-refractivity contribution in [2.45, 2.75) is 17.4 Å². The van der Waals surface area contributed by atoms with Crippen LogP contribution in [0.2, 0.25) is 0 Å². The molecule has 36 heavy (non-hydrogen) atoms. The van der Waals surface area contributed by atoms with E-state index in [1.807, 2.05) is 0 Å². The molecule has 0 bridgehead atoms. The quantitative estimate of drug-likeness (QED) is 0.162. The minimum absolute atomic E-state index is 0.0292. The molecule has 0 fully saturated rings. The Morgan fingerprint density at radius 2 is 1.56 bits per heavy atom. The first kappa shape index (κ1) is 26.3. The van der Waals surface area contributed by atoms with Gasteiger partial charge in [-0.3, -0.25) is 19.8 Å². The number of fused-ring (bicyclic) bond motifs is 1. The topological polar surface area (TPSA) is 192 Å². The first-order valence-electron chi connectivity index (χ1n) is 10.8. The van der Waals surface area contributed by atoms with Gasteiger partial charge < -0.3 is 21.5 Å². The van der Waals surface area contributed by atoms with Crippen molar-refractivity contribution in [2.75, 3.05) is 13.1 Å². The Hall–Kier alpha value is -4.29. The summed E-state index contributed by atoms with van der Waals surface area (Å²) in [6.07, 6.45) is -0.153. The lowest BCUT2D eigenvalue weighted by atomic mass is 10.1. The molecular formula is C24H25N5O6S. The number of amidine groups is 1. The number of benzene rings is 3. The molecule has 0 spiro atoms. The van der Waals surface area contributed by atoms with Crippen LogP contribution in [0.25, 0.3) is 10.8 Å². The monoisotopic (exact) mass is 511 g/mol. The number of amides is 2. The fraction of sp³-hybridized carbons (Fsp3) is 0.167. The number of carbonyl (C=O) groups is 3. The fourth-order valence-electron chi connectivity index (χ4n) is 3.36. The van der Waals surface area contributed by atoms with Crippen molar-refractivity contribution >= 4 is 44.4 Å². The van der Waals surface area contributed by atoms with Gasteiger partial charge in [0.25, 0.3) is 5.91 Å². The van der Waals surface area contributed by atoms with E-state index in [-0.39, 0.29) is 23.7 Å². The minimum atomic E-state index is -4.21. The van der Waals surface area contributed by atoms with Gasteiger partial charge in [-0.2, -0.15) is 4.72 Å². The average Bonchev–Trinajstić information content (AvgIpc) is 2.85. The van der Waals surface area contributed by atoms with E-state index in [1.54, 1.807) is 36.4 Å². The largest absolute Gasteiger partial charge is 0.480 e. The Labute approximate surface area is 207 Å². The molecule has 0 aliphatic heterocycles. The number of nitrogens with two attached hydrogens (primary N) is 1. The summed E-state index contributed by atoms with van der Waals surface area (Å²) in [6.45, 7) is -0.517. The van der Waals surface area contributed by atoms with E-state index >= 15 is 0 Å². The SMILES string of the molecule is N=C(N)c1ccc(C(=O)NCCC(=O)NCC(NS(=O)(=O)c2cccc3ccccc23)C(=O)O)cc1. The van der Waals surface area contributed by atoms with Crippen molar-refractivity contribution in [1.29, 1.82) is 5.41 Å². The van der Waals surface area contributed by atoms with E-state index in [0.29, 0.717) is 21.9 Å². The molecular weight excluding hydrogens is 486 g/mol. The van der Waals surface area contributed by atoms with Gasteiger partial charge >= 0.3 is 5.97 Å². The Morgan fingerprint density at radius 1 is 0.917 bits per heavy atom. The Bertz CT molecular complexity index is 1400. The van der Waals surface area contributed by atoms with Gasteiger partial charge in [-0.1, -0.05) is 48.5 Å². The van der Waals surface area contributed by atoms with Crippen LogP contribution in [0, 0.1) is 5.41 Å². The normalized spacial score (nSPS) is 12.0. The lowest BCUT2D eigenvalue weighted by Crippen LogP contribution is -2.48. The number of hydrogen-bond donors (Lipinski definition) is 6. The number of nitrogen functional groups attached to an aromatic ring is 1. The molecule has 0 aliphatic rings. The van der Waals surface area contributed by atoms with Crippen LogP contribution in [-0.4, -0.2) is 56.3 Å². The summed E-state index contributed by atoms with van der Waals surface area (Å²) in [5.74, 6) is -2.60. The summed E-state index contributed by atoms with van der Waals surface area (Å²) in [5, 5.41) is 22.9. The van der Waals surface area contributed by atoms with Gasteiger partial charge in [0.2, 0.25) is 15.9 Å². The summed E-state index contributed by atoms with van der Waals surface area (Å²) in [7, 11) is -4.21.